The molecule has 1 aromatic heterocycles. The Morgan fingerprint density at radius 3 is 2.84 bits per heavy atom. The minimum Gasteiger partial charge on any atom is -0.478 e. The monoisotopic (exact) mass is 320 g/mol. The molecule has 0 saturated carbocycles. The molecular weight excluding hydrogens is 308 g/mol. The van der Waals surface area contributed by atoms with Crippen molar-refractivity contribution in [1.29, 1.82) is 0 Å². The molecule has 0 spiro atoms. The molecule has 0 radical (unpaired) electrons. The molecular formula is C14H13BrN2O2. The summed E-state index contributed by atoms with van der Waals surface area (Å²) in [5.74, 6) is -0.586. The van der Waals surface area contributed by atoms with Gasteiger partial charge in [0, 0.05) is 16.7 Å². The van der Waals surface area contributed by atoms with Crippen LogP contribution < -0.4 is 5.32 Å². The number of anilines is 1. The number of benzene rings is 1. The van der Waals surface area contributed by atoms with Crippen LogP contribution in [-0.2, 0) is 6.54 Å². The Morgan fingerprint density at radius 1 is 1.37 bits per heavy atom. The van der Waals surface area contributed by atoms with Crippen LogP contribution in [0.25, 0.3) is 0 Å². The minimum atomic E-state index is -0.982. The predicted octanol–water partition coefficient (Wildman–Crippen LogP) is 3.46. The Labute approximate surface area is 119 Å². The van der Waals surface area contributed by atoms with E-state index in [9.17, 15) is 4.79 Å². The second-order valence-electron chi connectivity index (χ2n) is 4.14. The largest absolute Gasteiger partial charge is 0.478 e. The minimum absolute atomic E-state index is 0.181. The van der Waals surface area contributed by atoms with Gasteiger partial charge in [-0.1, -0.05) is 28.1 Å². The van der Waals surface area contributed by atoms with E-state index >= 15 is 0 Å². The highest BCUT2D eigenvalue weighted by Crippen LogP contribution is 2.16. The van der Waals surface area contributed by atoms with Gasteiger partial charge in [-0.05, 0) is 36.8 Å². The summed E-state index contributed by atoms with van der Waals surface area (Å²) in [4.78, 5) is 15.3. The fourth-order valence-corrected chi connectivity index (χ4v) is 2.14. The van der Waals surface area contributed by atoms with Gasteiger partial charge in [-0.2, -0.15) is 0 Å². The van der Waals surface area contributed by atoms with Crippen molar-refractivity contribution < 1.29 is 9.90 Å². The molecule has 1 aromatic carbocycles. The van der Waals surface area contributed by atoms with Crippen molar-refractivity contribution in [2.75, 3.05) is 5.32 Å². The number of carboxylic acid groups (broad SMARTS) is 1. The summed E-state index contributed by atoms with van der Waals surface area (Å²) in [5.41, 5.74) is 2.01. The first-order valence-electron chi connectivity index (χ1n) is 5.75. The van der Waals surface area contributed by atoms with E-state index in [1.54, 1.807) is 12.1 Å². The van der Waals surface area contributed by atoms with Crippen LogP contribution in [0.5, 0.6) is 0 Å². The molecule has 0 aliphatic heterocycles. The number of hydrogen-bond acceptors (Lipinski definition) is 3. The van der Waals surface area contributed by atoms with Crippen molar-refractivity contribution in [3.05, 3.63) is 57.7 Å². The maximum absolute atomic E-state index is 11.1. The van der Waals surface area contributed by atoms with Crippen LogP contribution in [0.3, 0.4) is 0 Å². The summed E-state index contributed by atoms with van der Waals surface area (Å²) in [6.07, 6.45) is 0. The molecule has 0 atom stereocenters. The van der Waals surface area contributed by atoms with Gasteiger partial charge in [-0.25, -0.2) is 9.78 Å². The molecule has 2 N–H and O–H groups in total. The van der Waals surface area contributed by atoms with Crippen molar-refractivity contribution >= 4 is 27.7 Å². The molecule has 5 heteroatoms. The smallest absolute Gasteiger partial charge is 0.339 e. The predicted molar refractivity (Wildman–Crippen MR) is 77.4 cm³/mol. The number of rotatable bonds is 4. The SMILES string of the molecule is Cc1ccc(C(=O)O)c(NCc2cccc(Br)c2)n1. The van der Waals surface area contributed by atoms with Crippen LogP contribution in [-0.4, -0.2) is 16.1 Å². The average Bonchev–Trinajstić information content (AvgIpc) is 2.36. The Morgan fingerprint density at radius 2 is 2.16 bits per heavy atom. The van der Waals surface area contributed by atoms with Crippen molar-refractivity contribution in [1.82, 2.24) is 4.98 Å². The summed E-state index contributed by atoms with van der Waals surface area (Å²) in [7, 11) is 0. The Bertz CT molecular complexity index is 614. The number of nitrogens with zero attached hydrogens (tertiary/aromatic N) is 1. The average molecular weight is 321 g/mol. The zero-order chi connectivity index (χ0) is 13.8. The molecule has 2 rings (SSSR count). The van der Waals surface area contributed by atoms with Crippen molar-refractivity contribution in [2.45, 2.75) is 13.5 Å². The molecule has 0 bridgehead atoms. The zero-order valence-electron chi connectivity index (χ0n) is 10.4. The van der Waals surface area contributed by atoms with Gasteiger partial charge in [0.15, 0.2) is 0 Å². The van der Waals surface area contributed by atoms with E-state index < -0.39 is 5.97 Å². The molecule has 4 nitrogen and oxygen atoms in total. The van der Waals surface area contributed by atoms with Gasteiger partial charge >= 0.3 is 5.97 Å². The quantitative estimate of drug-likeness (QED) is 0.905. The highest BCUT2D eigenvalue weighted by atomic mass is 79.9. The van der Waals surface area contributed by atoms with Crippen LogP contribution in [0.1, 0.15) is 21.6 Å². The fraction of sp³-hybridized carbons (Fsp3) is 0.143. The molecule has 0 aliphatic rings. The van der Waals surface area contributed by atoms with E-state index in [1.165, 1.54) is 0 Å². The zero-order valence-corrected chi connectivity index (χ0v) is 11.9. The number of hydrogen-bond donors (Lipinski definition) is 2. The van der Waals surface area contributed by atoms with E-state index in [0.717, 1.165) is 15.7 Å². The van der Waals surface area contributed by atoms with Gasteiger partial charge < -0.3 is 10.4 Å². The van der Waals surface area contributed by atoms with Crippen molar-refractivity contribution in [3.63, 3.8) is 0 Å². The third kappa shape index (κ3) is 3.54. The van der Waals surface area contributed by atoms with E-state index in [-0.39, 0.29) is 5.56 Å². The van der Waals surface area contributed by atoms with Crippen LogP contribution in [0.4, 0.5) is 5.82 Å². The van der Waals surface area contributed by atoms with Gasteiger partial charge in [0.25, 0.3) is 0 Å². The number of aromatic nitrogens is 1. The fourth-order valence-electron chi connectivity index (χ4n) is 1.70. The van der Waals surface area contributed by atoms with Crippen LogP contribution in [0.2, 0.25) is 0 Å². The Balaban J connectivity index is 2.19. The van der Waals surface area contributed by atoms with Gasteiger partial charge in [0.05, 0.1) is 0 Å². The maximum atomic E-state index is 11.1. The lowest BCUT2D eigenvalue weighted by molar-refractivity contribution is 0.0697. The number of carboxylic acids is 1. The number of nitrogens with one attached hydrogen (secondary N) is 1. The molecule has 98 valence electrons. The number of halogens is 1. The second-order valence-corrected chi connectivity index (χ2v) is 5.05. The third-order valence-corrected chi connectivity index (χ3v) is 3.11. The van der Waals surface area contributed by atoms with Crippen LogP contribution in [0, 0.1) is 6.92 Å². The lowest BCUT2D eigenvalue weighted by Crippen LogP contribution is -2.09. The summed E-state index contributed by atoms with van der Waals surface area (Å²) >= 11 is 3.40. The molecule has 19 heavy (non-hydrogen) atoms. The van der Waals surface area contributed by atoms with E-state index in [1.807, 2.05) is 31.2 Å². The summed E-state index contributed by atoms with van der Waals surface area (Å²) in [6, 6.07) is 11.1. The van der Waals surface area contributed by atoms with Gasteiger partial charge in [-0.15, -0.1) is 0 Å². The Kier molecular flexibility index (Phi) is 4.16. The highest BCUT2D eigenvalue weighted by Gasteiger charge is 2.11. The number of aromatic carboxylic acids is 1. The molecule has 1 heterocycles. The standard InChI is InChI=1S/C14H13BrN2O2/c1-9-5-6-12(14(18)19)13(17-9)16-8-10-3-2-4-11(15)7-10/h2-7H,8H2,1H3,(H,16,17)(H,18,19). The number of pyridine rings is 1. The molecule has 0 fully saturated rings. The lowest BCUT2D eigenvalue weighted by Gasteiger charge is -2.09. The summed E-state index contributed by atoms with van der Waals surface area (Å²) < 4.78 is 0.988. The topological polar surface area (TPSA) is 62.2 Å². The van der Waals surface area contributed by atoms with Crippen molar-refractivity contribution in [2.24, 2.45) is 0 Å². The van der Waals surface area contributed by atoms with E-state index in [2.05, 4.69) is 26.2 Å². The number of carbonyl (C=O) groups is 1. The first-order chi connectivity index (χ1) is 9.06. The molecule has 0 saturated heterocycles. The highest BCUT2D eigenvalue weighted by molar-refractivity contribution is 9.10. The van der Waals surface area contributed by atoms with E-state index in [0.29, 0.717) is 12.4 Å². The molecule has 2 aromatic rings. The second kappa shape index (κ2) is 5.84. The lowest BCUT2D eigenvalue weighted by atomic mass is 10.2. The van der Waals surface area contributed by atoms with Crippen LogP contribution >= 0.6 is 15.9 Å². The first kappa shape index (κ1) is 13.5. The Hall–Kier alpha value is -1.88. The van der Waals surface area contributed by atoms with Crippen LogP contribution in [0.15, 0.2) is 40.9 Å². The first-order valence-corrected chi connectivity index (χ1v) is 6.55. The maximum Gasteiger partial charge on any atom is 0.339 e. The summed E-state index contributed by atoms with van der Waals surface area (Å²) in [5, 5.41) is 12.2. The van der Waals surface area contributed by atoms with Gasteiger partial charge in [0.1, 0.15) is 11.4 Å². The molecule has 0 aliphatic carbocycles. The van der Waals surface area contributed by atoms with Gasteiger partial charge in [0.2, 0.25) is 0 Å². The van der Waals surface area contributed by atoms with E-state index in [4.69, 9.17) is 5.11 Å². The van der Waals surface area contributed by atoms with Crippen molar-refractivity contribution in [3.8, 4) is 0 Å². The molecule has 0 unspecified atom stereocenters. The normalized spacial score (nSPS) is 10.2. The summed E-state index contributed by atoms with van der Waals surface area (Å²) in [6.45, 7) is 2.35. The number of aryl methyl sites for hydroxylation is 1. The van der Waals surface area contributed by atoms with Gasteiger partial charge in [-0.3, -0.25) is 0 Å². The molecule has 0 amide bonds. The third-order valence-electron chi connectivity index (χ3n) is 2.61.